The maximum atomic E-state index is 12.1. The zero-order valence-electron chi connectivity index (χ0n) is 14.5. The number of rotatable bonds is 7. The number of nitrogens with one attached hydrogen (secondary N) is 1. The van der Waals surface area contributed by atoms with Crippen LogP contribution in [0.5, 0.6) is 0 Å². The molecule has 3 aliphatic rings. The number of carbonyl (C=O) groups is 1. The summed E-state index contributed by atoms with van der Waals surface area (Å²) in [6.07, 6.45) is 5.96. The number of likely N-dealkylation sites (tertiary alicyclic amines) is 1. The first-order chi connectivity index (χ1) is 11.4. The molecule has 0 aliphatic carbocycles. The summed E-state index contributed by atoms with van der Waals surface area (Å²) in [5.41, 5.74) is 5.32. The third-order valence-corrected chi connectivity index (χ3v) is 7.58. The summed E-state index contributed by atoms with van der Waals surface area (Å²) in [5, 5.41) is 0. The maximum absolute atomic E-state index is 12.1. The molecule has 0 saturated carbocycles. The molecular weight excluding hydrogens is 328 g/mol. The summed E-state index contributed by atoms with van der Waals surface area (Å²) in [4.78, 5) is 16.7. The van der Waals surface area contributed by atoms with Gasteiger partial charge < -0.3 is 10.6 Å². The average molecular weight is 359 g/mol. The number of carbonyl (C=O) groups excluding carboxylic acids is 1. The van der Waals surface area contributed by atoms with Gasteiger partial charge in [-0.2, -0.15) is 0 Å². The van der Waals surface area contributed by atoms with E-state index in [-0.39, 0.29) is 17.7 Å². The molecule has 3 aliphatic heterocycles. The predicted octanol–water partition coefficient (Wildman–Crippen LogP) is -0.128. The fourth-order valence-electron chi connectivity index (χ4n) is 4.76. The first-order valence-electron chi connectivity index (χ1n) is 9.15. The summed E-state index contributed by atoms with van der Waals surface area (Å²) in [5.74, 6) is -0.0419. The van der Waals surface area contributed by atoms with Crippen molar-refractivity contribution >= 4 is 15.9 Å². The van der Waals surface area contributed by atoms with E-state index >= 15 is 0 Å². The van der Waals surface area contributed by atoms with E-state index in [9.17, 15) is 13.2 Å². The van der Waals surface area contributed by atoms with Gasteiger partial charge in [-0.3, -0.25) is 9.69 Å². The maximum Gasteiger partial charge on any atom is 0.237 e. The highest BCUT2D eigenvalue weighted by molar-refractivity contribution is 7.89. The molecule has 0 radical (unpaired) electrons. The number of sulfonamides is 1. The summed E-state index contributed by atoms with van der Waals surface area (Å²) in [7, 11) is -3.14. The van der Waals surface area contributed by atoms with E-state index < -0.39 is 15.6 Å². The Morgan fingerprint density at radius 3 is 2.75 bits per heavy atom. The monoisotopic (exact) mass is 358 g/mol. The fourth-order valence-corrected chi connectivity index (χ4v) is 5.62. The lowest BCUT2D eigenvalue weighted by molar-refractivity contribution is -0.131. The Hall–Kier alpha value is -0.700. The third-order valence-electron chi connectivity index (χ3n) is 6.12. The van der Waals surface area contributed by atoms with Crippen LogP contribution in [0, 0.1) is 0 Å². The molecular formula is C16H30N4O3S. The van der Waals surface area contributed by atoms with Crippen molar-refractivity contribution in [3.63, 3.8) is 0 Å². The molecule has 7 nitrogen and oxygen atoms in total. The quantitative estimate of drug-likeness (QED) is 0.661. The van der Waals surface area contributed by atoms with Crippen molar-refractivity contribution in [2.75, 3.05) is 31.9 Å². The van der Waals surface area contributed by atoms with Crippen molar-refractivity contribution in [1.82, 2.24) is 14.5 Å². The summed E-state index contributed by atoms with van der Waals surface area (Å²) < 4.78 is 26.1. The van der Waals surface area contributed by atoms with Gasteiger partial charge in [0.1, 0.15) is 5.54 Å². The standard InChI is InChI=1S/C16H30N4O3S/c1-2-24(22,23)18-13-6-9-19(12-13)10-11-20-14-4-3-7-16(20,8-5-14)15(17)21/h13-14,18H,2-12H2,1H3,(H2,17,21)/t13-,14-,16+/m1/s1. The van der Waals surface area contributed by atoms with Crippen LogP contribution in [0.1, 0.15) is 45.4 Å². The van der Waals surface area contributed by atoms with Crippen molar-refractivity contribution < 1.29 is 13.2 Å². The fraction of sp³-hybridized carbons (Fsp3) is 0.938. The van der Waals surface area contributed by atoms with Gasteiger partial charge in [-0.1, -0.05) is 0 Å². The van der Waals surface area contributed by atoms with E-state index in [0.29, 0.717) is 6.04 Å². The average Bonchev–Trinajstić information content (AvgIpc) is 3.04. The van der Waals surface area contributed by atoms with Gasteiger partial charge in [-0.25, -0.2) is 13.1 Å². The normalized spacial score (nSPS) is 34.7. The number of amides is 1. The zero-order valence-corrected chi connectivity index (χ0v) is 15.4. The smallest absolute Gasteiger partial charge is 0.237 e. The molecule has 2 bridgehead atoms. The van der Waals surface area contributed by atoms with Crippen LogP contribution < -0.4 is 10.5 Å². The molecule has 3 saturated heterocycles. The Morgan fingerprint density at radius 1 is 1.25 bits per heavy atom. The van der Waals surface area contributed by atoms with Crippen LogP contribution in [0.3, 0.4) is 0 Å². The first kappa shape index (κ1) is 18.1. The van der Waals surface area contributed by atoms with Crippen LogP contribution in [-0.4, -0.2) is 73.7 Å². The minimum Gasteiger partial charge on any atom is -0.368 e. The van der Waals surface area contributed by atoms with Gasteiger partial charge in [-0.15, -0.1) is 0 Å². The lowest BCUT2D eigenvalue weighted by atomic mass is 9.87. The summed E-state index contributed by atoms with van der Waals surface area (Å²) in [6, 6.07) is 0.501. The second kappa shape index (κ2) is 6.90. The lowest BCUT2D eigenvalue weighted by Crippen LogP contribution is -2.59. The highest BCUT2D eigenvalue weighted by Crippen LogP contribution is 2.43. The van der Waals surface area contributed by atoms with Gasteiger partial charge in [0.25, 0.3) is 0 Å². The number of piperidine rings is 1. The number of nitrogens with two attached hydrogens (primary N) is 1. The highest BCUT2D eigenvalue weighted by atomic mass is 32.2. The van der Waals surface area contributed by atoms with Crippen LogP contribution in [0.15, 0.2) is 0 Å². The molecule has 3 N–H and O–H groups in total. The molecule has 0 aromatic heterocycles. The van der Waals surface area contributed by atoms with Crippen molar-refractivity contribution in [2.24, 2.45) is 5.73 Å². The van der Waals surface area contributed by atoms with E-state index in [4.69, 9.17) is 5.73 Å². The van der Waals surface area contributed by atoms with Crippen LogP contribution >= 0.6 is 0 Å². The molecule has 3 heterocycles. The Balaban J connectivity index is 1.54. The Labute approximate surface area is 145 Å². The van der Waals surface area contributed by atoms with Gasteiger partial charge in [0.15, 0.2) is 0 Å². The number of nitrogens with zero attached hydrogens (tertiary/aromatic N) is 2. The minimum absolute atomic E-state index is 0.0122. The minimum atomic E-state index is -3.14. The largest absolute Gasteiger partial charge is 0.368 e. The number of primary amides is 1. The SMILES string of the molecule is CCS(=O)(=O)N[C@@H]1CCN(CCN2[C@@H]3CCC[C@@]2(C(N)=O)CC3)C1. The Kier molecular flexibility index (Phi) is 5.20. The number of hydrogen-bond acceptors (Lipinski definition) is 5. The number of hydrogen-bond donors (Lipinski definition) is 2. The van der Waals surface area contributed by atoms with Gasteiger partial charge >= 0.3 is 0 Å². The first-order valence-corrected chi connectivity index (χ1v) is 10.8. The van der Waals surface area contributed by atoms with Gasteiger partial charge in [0.05, 0.1) is 5.75 Å². The van der Waals surface area contributed by atoms with E-state index in [0.717, 1.165) is 64.7 Å². The van der Waals surface area contributed by atoms with Gasteiger partial charge in [0.2, 0.25) is 15.9 Å². The molecule has 3 fully saturated rings. The Bertz CT molecular complexity index is 578. The van der Waals surface area contributed by atoms with Crippen molar-refractivity contribution in [3.05, 3.63) is 0 Å². The van der Waals surface area contributed by atoms with E-state index in [2.05, 4.69) is 14.5 Å². The molecule has 24 heavy (non-hydrogen) atoms. The molecule has 1 amide bonds. The molecule has 0 aromatic carbocycles. The molecule has 138 valence electrons. The zero-order chi connectivity index (χ0) is 17.4. The summed E-state index contributed by atoms with van der Waals surface area (Å²) in [6.45, 7) is 5.03. The molecule has 8 heteroatoms. The topological polar surface area (TPSA) is 95.7 Å². The Morgan fingerprint density at radius 2 is 2.04 bits per heavy atom. The third kappa shape index (κ3) is 3.47. The van der Waals surface area contributed by atoms with Crippen molar-refractivity contribution in [1.29, 1.82) is 0 Å². The summed E-state index contributed by atoms with van der Waals surface area (Å²) >= 11 is 0. The van der Waals surface area contributed by atoms with Crippen molar-refractivity contribution in [2.45, 2.75) is 63.1 Å². The molecule has 0 aromatic rings. The van der Waals surface area contributed by atoms with Crippen LogP contribution in [0.4, 0.5) is 0 Å². The highest BCUT2D eigenvalue weighted by Gasteiger charge is 2.52. The van der Waals surface area contributed by atoms with Crippen molar-refractivity contribution in [3.8, 4) is 0 Å². The van der Waals surface area contributed by atoms with Crippen LogP contribution in [0.25, 0.3) is 0 Å². The van der Waals surface area contributed by atoms with Crippen LogP contribution in [0.2, 0.25) is 0 Å². The predicted molar refractivity (Wildman–Crippen MR) is 92.9 cm³/mol. The lowest BCUT2D eigenvalue weighted by Gasteiger charge is -2.43. The van der Waals surface area contributed by atoms with Crippen LogP contribution in [-0.2, 0) is 14.8 Å². The second-order valence-electron chi connectivity index (χ2n) is 7.48. The molecule has 0 unspecified atom stereocenters. The van der Waals surface area contributed by atoms with E-state index in [1.807, 2.05) is 0 Å². The van der Waals surface area contributed by atoms with Gasteiger partial charge in [-0.05, 0) is 52.0 Å². The molecule has 0 spiro atoms. The molecule has 3 rings (SSSR count). The van der Waals surface area contributed by atoms with E-state index in [1.165, 1.54) is 0 Å². The molecule has 3 atom stereocenters. The second-order valence-corrected chi connectivity index (χ2v) is 9.52. The van der Waals surface area contributed by atoms with Gasteiger partial charge in [0, 0.05) is 31.7 Å². The number of fused-ring (bicyclic) bond motifs is 2. The van der Waals surface area contributed by atoms with E-state index in [1.54, 1.807) is 6.92 Å².